The van der Waals surface area contributed by atoms with Crippen LogP contribution in [0.25, 0.3) is 11.3 Å². The van der Waals surface area contributed by atoms with Crippen molar-refractivity contribution in [1.29, 1.82) is 0 Å². The molecule has 0 amide bonds. The molecule has 28 heavy (non-hydrogen) atoms. The summed E-state index contributed by atoms with van der Waals surface area (Å²) in [6.45, 7) is 4.19. The molecule has 1 saturated heterocycles. The first kappa shape index (κ1) is 18.3. The molecule has 2 heterocycles. The van der Waals surface area contributed by atoms with Crippen LogP contribution >= 0.6 is 0 Å². The largest absolute Gasteiger partial charge is 0.490 e. The highest BCUT2D eigenvalue weighted by Gasteiger charge is 2.23. The number of aryl methyl sites for hydroxylation is 1. The summed E-state index contributed by atoms with van der Waals surface area (Å²) in [4.78, 5) is 6.89. The SMILES string of the molecule is Cc1ccccc1-c1cnnc(N2CCCC(COc3ccccc3F)C2)n1. The van der Waals surface area contributed by atoms with Gasteiger partial charge in [0.1, 0.15) is 0 Å². The number of para-hydroxylation sites is 1. The predicted molar refractivity (Wildman–Crippen MR) is 107 cm³/mol. The van der Waals surface area contributed by atoms with E-state index in [0.717, 1.165) is 42.8 Å². The Morgan fingerprint density at radius 2 is 1.96 bits per heavy atom. The van der Waals surface area contributed by atoms with Crippen LogP contribution in [0.5, 0.6) is 5.75 Å². The minimum Gasteiger partial charge on any atom is -0.490 e. The van der Waals surface area contributed by atoms with Gasteiger partial charge in [0.05, 0.1) is 18.5 Å². The molecule has 0 aliphatic carbocycles. The van der Waals surface area contributed by atoms with Gasteiger partial charge in [0.25, 0.3) is 0 Å². The molecule has 0 radical (unpaired) electrons. The van der Waals surface area contributed by atoms with Crippen LogP contribution < -0.4 is 9.64 Å². The molecule has 1 aliphatic rings. The van der Waals surface area contributed by atoms with Crippen LogP contribution in [0.15, 0.2) is 54.7 Å². The fraction of sp³-hybridized carbons (Fsp3) is 0.318. The van der Waals surface area contributed by atoms with Crippen molar-refractivity contribution in [3.63, 3.8) is 0 Å². The number of nitrogens with zero attached hydrogens (tertiary/aromatic N) is 4. The fourth-order valence-corrected chi connectivity index (χ4v) is 3.57. The molecule has 1 aliphatic heterocycles. The van der Waals surface area contributed by atoms with Crippen molar-refractivity contribution in [3.8, 4) is 17.0 Å². The van der Waals surface area contributed by atoms with Crippen molar-refractivity contribution in [2.45, 2.75) is 19.8 Å². The molecule has 0 N–H and O–H groups in total. The van der Waals surface area contributed by atoms with Gasteiger partial charge in [-0.3, -0.25) is 0 Å². The van der Waals surface area contributed by atoms with Crippen molar-refractivity contribution >= 4 is 5.95 Å². The van der Waals surface area contributed by atoms with Gasteiger partial charge in [-0.05, 0) is 37.5 Å². The van der Waals surface area contributed by atoms with Gasteiger partial charge in [-0.2, -0.15) is 5.10 Å². The average molecular weight is 378 g/mol. The molecule has 0 saturated carbocycles. The molecule has 1 aromatic heterocycles. The molecule has 1 unspecified atom stereocenters. The highest BCUT2D eigenvalue weighted by molar-refractivity contribution is 5.63. The van der Waals surface area contributed by atoms with E-state index < -0.39 is 0 Å². The zero-order chi connectivity index (χ0) is 19.3. The third-order valence-electron chi connectivity index (χ3n) is 5.08. The van der Waals surface area contributed by atoms with Gasteiger partial charge in [-0.1, -0.05) is 36.4 Å². The maximum Gasteiger partial charge on any atom is 0.245 e. The quantitative estimate of drug-likeness (QED) is 0.663. The third-order valence-corrected chi connectivity index (χ3v) is 5.08. The Balaban J connectivity index is 1.45. The topological polar surface area (TPSA) is 51.1 Å². The van der Waals surface area contributed by atoms with Gasteiger partial charge in [0.2, 0.25) is 5.95 Å². The summed E-state index contributed by atoms with van der Waals surface area (Å²) in [6.07, 6.45) is 3.76. The van der Waals surface area contributed by atoms with Gasteiger partial charge < -0.3 is 9.64 Å². The number of ether oxygens (including phenoxy) is 1. The van der Waals surface area contributed by atoms with Crippen molar-refractivity contribution in [2.75, 3.05) is 24.6 Å². The van der Waals surface area contributed by atoms with Crippen LogP contribution in [0.4, 0.5) is 10.3 Å². The lowest BCUT2D eigenvalue weighted by Crippen LogP contribution is -2.39. The summed E-state index contributed by atoms with van der Waals surface area (Å²) in [5.74, 6) is 0.906. The Bertz CT molecular complexity index is 949. The van der Waals surface area contributed by atoms with E-state index in [1.54, 1.807) is 24.4 Å². The standard InChI is InChI=1S/C22H23FN4O/c1-16-7-2-3-9-18(16)20-13-24-26-22(25-20)27-12-6-8-17(14-27)15-28-21-11-5-4-10-19(21)23/h2-5,7,9-11,13,17H,6,8,12,14-15H2,1H3. The maximum absolute atomic E-state index is 13.8. The van der Waals surface area contributed by atoms with Gasteiger partial charge in [0, 0.05) is 24.6 Å². The van der Waals surface area contributed by atoms with Crippen LogP contribution in [0.1, 0.15) is 18.4 Å². The van der Waals surface area contributed by atoms with E-state index in [0.29, 0.717) is 24.2 Å². The lowest BCUT2D eigenvalue weighted by atomic mass is 9.99. The minimum absolute atomic E-state index is 0.291. The van der Waals surface area contributed by atoms with Gasteiger partial charge >= 0.3 is 0 Å². The molecular weight excluding hydrogens is 355 g/mol. The second kappa shape index (κ2) is 8.33. The lowest BCUT2D eigenvalue weighted by Gasteiger charge is -2.32. The van der Waals surface area contributed by atoms with Crippen LogP contribution in [-0.2, 0) is 0 Å². The Labute approximate surface area is 164 Å². The van der Waals surface area contributed by atoms with Crippen LogP contribution in [-0.4, -0.2) is 34.9 Å². The summed E-state index contributed by atoms with van der Waals surface area (Å²) in [6, 6.07) is 14.6. The number of benzene rings is 2. The van der Waals surface area contributed by atoms with E-state index in [1.807, 2.05) is 18.2 Å². The molecule has 2 aromatic carbocycles. The fourth-order valence-electron chi connectivity index (χ4n) is 3.57. The predicted octanol–water partition coefficient (Wildman–Crippen LogP) is 4.28. The Kier molecular flexibility index (Phi) is 5.46. The second-order valence-corrected chi connectivity index (χ2v) is 7.15. The number of piperidine rings is 1. The first-order chi connectivity index (χ1) is 13.7. The number of anilines is 1. The normalized spacial score (nSPS) is 16.8. The third kappa shape index (κ3) is 4.11. The van der Waals surface area contributed by atoms with Crippen molar-refractivity contribution in [3.05, 3.63) is 66.1 Å². The van der Waals surface area contributed by atoms with Crippen LogP contribution in [0.3, 0.4) is 0 Å². The molecule has 6 heteroatoms. The number of halogens is 1. The van der Waals surface area contributed by atoms with Gasteiger partial charge in [-0.25, -0.2) is 9.37 Å². The van der Waals surface area contributed by atoms with E-state index in [1.165, 1.54) is 6.07 Å². The van der Waals surface area contributed by atoms with Gasteiger partial charge in [-0.15, -0.1) is 5.10 Å². The van der Waals surface area contributed by atoms with E-state index in [2.05, 4.69) is 28.1 Å². The van der Waals surface area contributed by atoms with E-state index in [4.69, 9.17) is 9.72 Å². The van der Waals surface area contributed by atoms with Gasteiger partial charge in [0.15, 0.2) is 11.6 Å². The summed E-state index contributed by atoms with van der Waals surface area (Å²) in [5, 5.41) is 8.42. The molecule has 1 atom stereocenters. The molecular formula is C22H23FN4O. The Hall–Kier alpha value is -3.02. The maximum atomic E-state index is 13.8. The number of hydrogen-bond acceptors (Lipinski definition) is 5. The molecule has 0 spiro atoms. The molecule has 5 nitrogen and oxygen atoms in total. The second-order valence-electron chi connectivity index (χ2n) is 7.15. The first-order valence-corrected chi connectivity index (χ1v) is 9.58. The minimum atomic E-state index is -0.325. The molecule has 0 bridgehead atoms. The zero-order valence-corrected chi connectivity index (χ0v) is 15.9. The van der Waals surface area contributed by atoms with E-state index in [9.17, 15) is 4.39 Å². The van der Waals surface area contributed by atoms with E-state index in [-0.39, 0.29) is 5.82 Å². The molecule has 3 aromatic rings. The average Bonchev–Trinajstić information content (AvgIpc) is 2.74. The summed E-state index contributed by atoms with van der Waals surface area (Å²) in [7, 11) is 0. The Morgan fingerprint density at radius 3 is 2.82 bits per heavy atom. The number of rotatable bonds is 5. The monoisotopic (exact) mass is 378 g/mol. The highest BCUT2D eigenvalue weighted by atomic mass is 19.1. The number of aromatic nitrogens is 3. The smallest absolute Gasteiger partial charge is 0.245 e. The van der Waals surface area contributed by atoms with Crippen LogP contribution in [0.2, 0.25) is 0 Å². The Morgan fingerprint density at radius 1 is 1.14 bits per heavy atom. The summed E-state index contributed by atoms with van der Waals surface area (Å²) in [5.41, 5.74) is 3.05. The zero-order valence-electron chi connectivity index (χ0n) is 15.9. The van der Waals surface area contributed by atoms with E-state index >= 15 is 0 Å². The lowest BCUT2D eigenvalue weighted by molar-refractivity contribution is 0.220. The highest BCUT2D eigenvalue weighted by Crippen LogP contribution is 2.25. The molecule has 4 rings (SSSR count). The summed E-state index contributed by atoms with van der Waals surface area (Å²) >= 11 is 0. The van der Waals surface area contributed by atoms with Crippen LogP contribution in [0, 0.1) is 18.7 Å². The molecule has 144 valence electrons. The van der Waals surface area contributed by atoms with Crippen molar-refractivity contribution in [2.24, 2.45) is 5.92 Å². The van der Waals surface area contributed by atoms with Crippen molar-refractivity contribution in [1.82, 2.24) is 15.2 Å². The summed E-state index contributed by atoms with van der Waals surface area (Å²) < 4.78 is 19.5. The molecule has 1 fully saturated rings. The van der Waals surface area contributed by atoms with Crippen molar-refractivity contribution < 1.29 is 9.13 Å². The first-order valence-electron chi connectivity index (χ1n) is 9.58. The number of hydrogen-bond donors (Lipinski definition) is 0.